The zero-order valence-electron chi connectivity index (χ0n) is 9.78. The van der Waals surface area contributed by atoms with Crippen LogP contribution in [0.3, 0.4) is 0 Å². The Hall–Kier alpha value is -2.00. The molecule has 0 N–H and O–H groups in total. The molecule has 0 bridgehead atoms. The highest BCUT2D eigenvalue weighted by molar-refractivity contribution is 5.94. The second kappa shape index (κ2) is 3.85. The van der Waals surface area contributed by atoms with Gasteiger partial charge in [-0.05, 0) is 0 Å². The van der Waals surface area contributed by atoms with Crippen LogP contribution in [0, 0.1) is 34.9 Å². The fraction of sp³-hybridized carbons (Fsp3) is 0.167. The maximum atomic E-state index is 13.6. The molecular weight excluding hydrogens is 334 g/mol. The summed E-state index contributed by atoms with van der Waals surface area (Å²) in [7, 11) is 0. The van der Waals surface area contributed by atoms with E-state index >= 15 is 0 Å². The molecule has 0 nitrogen and oxygen atoms in total. The molecule has 10 heteroatoms. The normalized spacial score (nSPS) is 18.3. The molecule has 22 heavy (non-hydrogen) atoms. The van der Waals surface area contributed by atoms with Crippen LogP contribution >= 0.6 is 0 Å². The molecule has 0 saturated carbocycles. The van der Waals surface area contributed by atoms with E-state index in [0.29, 0.717) is 0 Å². The van der Waals surface area contributed by atoms with Crippen LogP contribution in [0.5, 0.6) is 0 Å². The van der Waals surface area contributed by atoms with Crippen molar-refractivity contribution >= 4 is 10.8 Å². The Balaban J connectivity index is 2.76. The van der Waals surface area contributed by atoms with Crippen molar-refractivity contribution in [1.29, 1.82) is 0 Å². The predicted octanol–water partition coefficient (Wildman–Crippen LogP) is 4.87. The molecule has 0 atom stereocenters. The largest absolute Gasteiger partial charge is 0.343 e. The standard InChI is InChI=1S/C12F10/c13-5-2-1-3(7(15)9(5)17)11(19,20)12(21,22)4(1)8(16)10(18)6(2)14. The highest BCUT2D eigenvalue weighted by atomic mass is 19.3. The van der Waals surface area contributed by atoms with Gasteiger partial charge in [0.05, 0.1) is 16.5 Å². The fourth-order valence-corrected chi connectivity index (χ4v) is 2.45. The molecule has 118 valence electrons. The maximum Gasteiger partial charge on any atom is 0.343 e. The van der Waals surface area contributed by atoms with Gasteiger partial charge in [0.2, 0.25) is 0 Å². The summed E-state index contributed by atoms with van der Waals surface area (Å²) in [5, 5.41) is -3.91. The van der Waals surface area contributed by atoms with Crippen molar-refractivity contribution in [1.82, 2.24) is 0 Å². The molecule has 0 unspecified atom stereocenters. The van der Waals surface area contributed by atoms with Crippen molar-refractivity contribution < 1.29 is 43.9 Å². The molecule has 0 amide bonds. The van der Waals surface area contributed by atoms with E-state index in [0.717, 1.165) is 0 Å². The Bertz CT molecular complexity index is 785. The SMILES string of the molecule is Fc1c(F)c2c3c(c(F)c(F)c(F)c3c1F)C(F)(F)C2(F)F. The first-order valence-corrected chi connectivity index (χ1v) is 5.39. The Morgan fingerprint density at radius 2 is 0.727 bits per heavy atom. The fourth-order valence-electron chi connectivity index (χ4n) is 2.45. The van der Waals surface area contributed by atoms with Crippen molar-refractivity contribution in [3.05, 3.63) is 46.0 Å². The van der Waals surface area contributed by atoms with Gasteiger partial charge in [0, 0.05) is 5.39 Å². The summed E-state index contributed by atoms with van der Waals surface area (Å²) in [6.07, 6.45) is 0. The third-order valence-corrected chi connectivity index (χ3v) is 3.42. The number of rotatable bonds is 0. The lowest BCUT2D eigenvalue weighted by atomic mass is 10.0. The van der Waals surface area contributed by atoms with Crippen LogP contribution in [0.2, 0.25) is 0 Å². The minimum atomic E-state index is -5.52. The molecule has 0 spiro atoms. The van der Waals surface area contributed by atoms with Gasteiger partial charge in [-0.15, -0.1) is 0 Å². The molecule has 1 aliphatic carbocycles. The van der Waals surface area contributed by atoms with E-state index in [1.807, 2.05) is 0 Å². The summed E-state index contributed by atoms with van der Waals surface area (Å²) >= 11 is 0. The van der Waals surface area contributed by atoms with Crippen LogP contribution in [-0.2, 0) is 11.8 Å². The van der Waals surface area contributed by atoms with Crippen molar-refractivity contribution in [3.63, 3.8) is 0 Å². The van der Waals surface area contributed by atoms with Crippen molar-refractivity contribution in [2.24, 2.45) is 0 Å². The summed E-state index contributed by atoms with van der Waals surface area (Å²) in [6.45, 7) is 0. The molecule has 0 aliphatic heterocycles. The zero-order chi connectivity index (χ0) is 16.8. The van der Waals surface area contributed by atoms with Gasteiger partial charge in [0.25, 0.3) is 0 Å². The van der Waals surface area contributed by atoms with Crippen LogP contribution < -0.4 is 0 Å². The maximum absolute atomic E-state index is 13.6. The minimum absolute atomic E-state index is 1.91. The zero-order valence-corrected chi connectivity index (χ0v) is 9.78. The number of alkyl halides is 4. The molecular formula is C12F10. The van der Waals surface area contributed by atoms with Gasteiger partial charge in [0.15, 0.2) is 34.9 Å². The van der Waals surface area contributed by atoms with Crippen LogP contribution in [0.15, 0.2) is 0 Å². The smallest absolute Gasteiger partial charge is 0.203 e. The topological polar surface area (TPSA) is 0 Å². The van der Waals surface area contributed by atoms with Gasteiger partial charge in [-0.3, -0.25) is 0 Å². The van der Waals surface area contributed by atoms with E-state index in [-0.39, 0.29) is 0 Å². The summed E-state index contributed by atoms with van der Waals surface area (Å²) in [4.78, 5) is 0. The number of benzene rings is 2. The van der Waals surface area contributed by atoms with Gasteiger partial charge in [-0.25, -0.2) is 26.3 Å². The van der Waals surface area contributed by atoms with Crippen molar-refractivity contribution in [3.8, 4) is 0 Å². The molecule has 0 fully saturated rings. The van der Waals surface area contributed by atoms with Gasteiger partial charge in [0.1, 0.15) is 0 Å². The Morgan fingerprint density at radius 1 is 0.409 bits per heavy atom. The average Bonchev–Trinajstić information content (AvgIpc) is 2.57. The molecule has 1 aliphatic rings. The Labute approximate surface area is 113 Å². The molecule has 0 saturated heterocycles. The first-order chi connectivity index (χ1) is 9.96. The molecule has 3 rings (SSSR count). The number of halogens is 10. The van der Waals surface area contributed by atoms with Crippen LogP contribution in [-0.4, -0.2) is 0 Å². The first kappa shape index (κ1) is 14.9. The van der Waals surface area contributed by atoms with E-state index in [1.54, 1.807) is 0 Å². The predicted molar refractivity (Wildman–Crippen MR) is 51.5 cm³/mol. The number of hydrogen-bond donors (Lipinski definition) is 0. The lowest BCUT2D eigenvalue weighted by molar-refractivity contribution is -0.219. The quantitative estimate of drug-likeness (QED) is 0.476. The van der Waals surface area contributed by atoms with Gasteiger partial charge >= 0.3 is 11.8 Å². The highest BCUT2D eigenvalue weighted by Crippen LogP contribution is 2.61. The summed E-state index contributed by atoms with van der Waals surface area (Å²) in [5.41, 5.74) is -4.83. The molecule has 0 heterocycles. The van der Waals surface area contributed by atoms with Crippen LogP contribution in [0.25, 0.3) is 10.8 Å². The minimum Gasteiger partial charge on any atom is -0.203 e. The van der Waals surface area contributed by atoms with Crippen LogP contribution in [0.1, 0.15) is 11.1 Å². The van der Waals surface area contributed by atoms with E-state index in [4.69, 9.17) is 0 Å². The van der Waals surface area contributed by atoms with Gasteiger partial charge in [-0.1, -0.05) is 0 Å². The van der Waals surface area contributed by atoms with E-state index < -0.39 is 68.6 Å². The molecule has 0 radical (unpaired) electrons. The van der Waals surface area contributed by atoms with E-state index in [9.17, 15) is 43.9 Å². The summed E-state index contributed by atoms with van der Waals surface area (Å²) in [6, 6.07) is 0. The molecule has 2 aromatic rings. The summed E-state index contributed by atoms with van der Waals surface area (Å²) < 4.78 is 135. The number of hydrogen-bond acceptors (Lipinski definition) is 0. The Kier molecular flexibility index (Phi) is 2.61. The van der Waals surface area contributed by atoms with E-state index in [1.165, 1.54) is 0 Å². The second-order valence-corrected chi connectivity index (χ2v) is 4.53. The second-order valence-electron chi connectivity index (χ2n) is 4.53. The third kappa shape index (κ3) is 1.31. The van der Waals surface area contributed by atoms with Crippen molar-refractivity contribution in [2.75, 3.05) is 0 Å². The van der Waals surface area contributed by atoms with Gasteiger partial charge in [-0.2, -0.15) is 17.6 Å². The molecule has 0 aromatic heterocycles. The lowest BCUT2D eigenvalue weighted by Gasteiger charge is -2.20. The monoisotopic (exact) mass is 334 g/mol. The first-order valence-electron chi connectivity index (χ1n) is 5.39. The van der Waals surface area contributed by atoms with E-state index in [2.05, 4.69) is 0 Å². The van der Waals surface area contributed by atoms with Crippen LogP contribution in [0.4, 0.5) is 43.9 Å². The highest BCUT2D eigenvalue weighted by Gasteiger charge is 2.68. The van der Waals surface area contributed by atoms with Crippen molar-refractivity contribution in [2.45, 2.75) is 11.8 Å². The third-order valence-electron chi connectivity index (χ3n) is 3.42. The van der Waals surface area contributed by atoms with Gasteiger partial charge < -0.3 is 0 Å². The lowest BCUT2D eigenvalue weighted by Crippen LogP contribution is -2.32. The summed E-state index contributed by atoms with van der Waals surface area (Å²) in [5.74, 6) is -26.9. The molecule has 2 aromatic carbocycles. The Morgan fingerprint density at radius 3 is 1.05 bits per heavy atom. The average molecular weight is 334 g/mol.